The molecule has 1 aliphatic rings. The first kappa shape index (κ1) is 12.4. The summed E-state index contributed by atoms with van der Waals surface area (Å²) in [5.41, 5.74) is 0. The van der Waals surface area contributed by atoms with Crippen LogP contribution in [0.3, 0.4) is 0 Å². The number of rotatable bonds is 5. The Hall–Kier alpha value is -1.02. The maximum Gasteiger partial charge on any atom is 0.119 e. The Morgan fingerprint density at radius 3 is 2.71 bits per heavy atom. The van der Waals surface area contributed by atoms with E-state index in [1.165, 1.54) is 19.4 Å². The lowest BCUT2D eigenvalue weighted by Crippen LogP contribution is -2.33. The highest BCUT2D eigenvalue weighted by Gasteiger charge is 2.28. The summed E-state index contributed by atoms with van der Waals surface area (Å²) in [6.07, 6.45) is 2.65. The summed E-state index contributed by atoms with van der Waals surface area (Å²) in [5.74, 6) is 1.86. The van der Waals surface area contributed by atoms with Gasteiger partial charge in [-0.1, -0.05) is 31.5 Å². The lowest BCUT2D eigenvalue weighted by atomic mass is 9.99. The van der Waals surface area contributed by atoms with Gasteiger partial charge in [0.1, 0.15) is 12.4 Å². The number of para-hydroxylation sites is 1. The fourth-order valence-corrected chi connectivity index (χ4v) is 2.73. The van der Waals surface area contributed by atoms with Gasteiger partial charge < -0.3 is 4.74 Å². The minimum Gasteiger partial charge on any atom is -0.492 e. The van der Waals surface area contributed by atoms with Crippen molar-refractivity contribution in [3.63, 3.8) is 0 Å². The molecule has 2 nitrogen and oxygen atoms in total. The lowest BCUT2D eigenvalue weighted by molar-refractivity contribution is 0.190. The van der Waals surface area contributed by atoms with Crippen molar-refractivity contribution in [2.45, 2.75) is 32.7 Å². The number of hydrogen-bond acceptors (Lipinski definition) is 2. The Labute approximate surface area is 105 Å². The first-order valence-corrected chi connectivity index (χ1v) is 6.73. The summed E-state index contributed by atoms with van der Waals surface area (Å²) in [5, 5.41) is 0. The second-order valence-electron chi connectivity index (χ2n) is 4.90. The van der Waals surface area contributed by atoms with Gasteiger partial charge in [-0.3, -0.25) is 4.90 Å². The maximum atomic E-state index is 5.74. The molecule has 2 atom stereocenters. The molecule has 94 valence electrons. The number of nitrogens with zero attached hydrogens (tertiary/aromatic N) is 1. The van der Waals surface area contributed by atoms with E-state index in [-0.39, 0.29) is 0 Å². The van der Waals surface area contributed by atoms with Gasteiger partial charge in [0.25, 0.3) is 0 Å². The average molecular weight is 233 g/mol. The Morgan fingerprint density at radius 2 is 2.06 bits per heavy atom. The predicted octanol–water partition coefficient (Wildman–Crippen LogP) is 3.19. The Morgan fingerprint density at radius 1 is 1.29 bits per heavy atom. The highest BCUT2D eigenvalue weighted by molar-refractivity contribution is 5.20. The number of ether oxygens (including phenoxy) is 1. The molecule has 1 aliphatic heterocycles. The standard InChI is InChI=1S/C15H23NO/c1-3-14-9-10-16(13(14)2)11-12-17-15-7-5-4-6-8-15/h4-8,13-14H,3,9-12H2,1-2H3. The van der Waals surface area contributed by atoms with Crippen LogP contribution in [0.15, 0.2) is 30.3 Å². The number of benzene rings is 1. The topological polar surface area (TPSA) is 12.5 Å². The van der Waals surface area contributed by atoms with Crippen LogP contribution >= 0.6 is 0 Å². The largest absolute Gasteiger partial charge is 0.492 e. The third-order valence-electron chi connectivity index (χ3n) is 3.96. The van der Waals surface area contributed by atoms with E-state index in [4.69, 9.17) is 4.74 Å². The van der Waals surface area contributed by atoms with Crippen LogP contribution in [0.2, 0.25) is 0 Å². The first-order chi connectivity index (χ1) is 8.31. The lowest BCUT2D eigenvalue weighted by Gasteiger charge is -2.23. The zero-order chi connectivity index (χ0) is 12.1. The van der Waals surface area contributed by atoms with E-state index in [1.54, 1.807) is 0 Å². The summed E-state index contributed by atoms with van der Waals surface area (Å²) in [6.45, 7) is 7.73. The van der Waals surface area contributed by atoms with E-state index >= 15 is 0 Å². The van der Waals surface area contributed by atoms with Gasteiger partial charge in [-0.25, -0.2) is 0 Å². The first-order valence-electron chi connectivity index (χ1n) is 6.73. The van der Waals surface area contributed by atoms with Crippen LogP contribution in [0.5, 0.6) is 5.75 Å². The van der Waals surface area contributed by atoms with Crippen LogP contribution < -0.4 is 4.74 Å². The van der Waals surface area contributed by atoms with Crippen LogP contribution in [0.25, 0.3) is 0 Å². The van der Waals surface area contributed by atoms with Crippen LogP contribution in [-0.4, -0.2) is 30.6 Å². The monoisotopic (exact) mass is 233 g/mol. The summed E-state index contributed by atoms with van der Waals surface area (Å²) >= 11 is 0. The van der Waals surface area contributed by atoms with Gasteiger partial charge in [0, 0.05) is 12.6 Å². The highest BCUT2D eigenvalue weighted by Crippen LogP contribution is 2.26. The smallest absolute Gasteiger partial charge is 0.119 e. The van der Waals surface area contributed by atoms with Gasteiger partial charge in [-0.2, -0.15) is 0 Å². The molecule has 1 saturated heterocycles. The van der Waals surface area contributed by atoms with Gasteiger partial charge in [-0.15, -0.1) is 0 Å². The van der Waals surface area contributed by atoms with Crippen LogP contribution in [0.4, 0.5) is 0 Å². The number of hydrogen-bond donors (Lipinski definition) is 0. The van der Waals surface area contributed by atoms with E-state index in [1.807, 2.05) is 30.3 Å². The molecule has 2 rings (SSSR count). The molecule has 1 aromatic rings. The van der Waals surface area contributed by atoms with E-state index in [9.17, 15) is 0 Å². The van der Waals surface area contributed by atoms with Gasteiger partial charge in [-0.05, 0) is 37.9 Å². The second-order valence-corrected chi connectivity index (χ2v) is 4.90. The maximum absolute atomic E-state index is 5.74. The van der Waals surface area contributed by atoms with Crippen molar-refractivity contribution in [3.8, 4) is 5.75 Å². The van der Waals surface area contributed by atoms with Gasteiger partial charge in [0.15, 0.2) is 0 Å². The molecule has 0 aromatic heterocycles. The summed E-state index contributed by atoms with van der Waals surface area (Å²) < 4.78 is 5.74. The molecule has 2 unspecified atom stereocenters. The zero-order valence-electron chi connectivity index (χ0n) is 10.9. The molecule has 2 heteroatoms. The molecule has 1 heterocycles. The van der Waals surface area contributed by atoms with E-state index in [2.05, 4.69) is 18.7 Å². The van der Waals surface area contributed by atoms with Crippen molar-refractivity contribution < 1.29 is 4.74 Å². The molecule has 0 saturated carbocycles. The van der Waals surface area contributed by atoms with Gasteiger partial charge in [0.2, 0.25) is 0 Å². The molecular weight excluding hydrogens is 210 g/mol. The van der Waals surface area contributed by atoms with Gasteiger partial charge in [0.05, 0.1) is 0 Å². The molecule has 0 aliphatic carbocycles. The number of likely N-dealkylation sites (tertiary alicyclic amines) is 1. The molecule has 0 amide bonds. The highest BCUT2D eigenvalue weighted by atomic mass is 16.5. The third kappa shape index (κ3) is 3.22. The molecular formula is C15H23NO. The minimum absolute atomic E-state index is 0.722. The molecule has 17 heavy (non-hydrogen) atoms. The van der Waals surface area contributed by atoms with Crippen molar-refractivity contribution in [2.24, 2.45) is 5.92 Å². The Kier molecular flexibility index (Phi) is 4.43. The van der Waals surface area contributed by atoms with Crippen molar-refractivity contribution in [1.29, 1.82) is 0 Å². The SMILES string of the molecule is CCC1CCN(CCOc2ccccc2)C1C. The van der Waals surface area contributed by atoms with Crippen LogP contribution in [0, 0.1) is 5.92 Å². The van der Waals surface area contributed by atoms with E-state index in [0.717, 1.165) is 30.9 Å². The summed E-state index contributed by atoms with van der Waals surface area (Å²) in [6, 6.07) is 10.8. The normalized spacial score (nSPS) is 25.1. The molecule has 0 spiro atoms. The van der Waals surface area contributed by atoms with Gasteiger partial charge >= 0.3 is 0 Å². The quantitative estimate of drug-likeness (QED) is 0.774. The predicted molar refractivity (Wildman–Crippen MR) is 71.4 cm³/mol. The summed E-state index contributed by atoms with van der Waals surface area (Å²) in [7, 11) is 0. The van der Waals surface area contributed by atoms with Crippen molar-refractivity contribution >= 4 is 0 Å². The fourth-order valence-electron chi connectivity index (χ4n) is 2.73. The van der Waals surface area contributed by atoms with Crippen LogP contribution in [0.1, 0.15) is 26.7 Å². The molecule has 1 fully saturated rings. The third-order valence-corrected chi connectivity index (χ3v) is 3.96. The minimum atomic E-state index is 0.722. The molecule has 0 bridgehead atoms. The van der Waals surface area contributed by atoms with Crippen molar-refractivity contribution in [1.82, 2.24) is 4.90 Å². The zero-order valence-corrected chi connectivity index (χ0v) is 10.9. The van der Waals surface area contributed by atoms with Crippen molar-refractivity contribution in [3.05, 3.63) is 30.3 Å². The average Bonchev–Trinajstić information content (AvgIpc) is 2.72. The fraction of sp³-hybridized carbons (Fsp3) is 0.600. The molecule has 1 aromatic carbocycles. The van der Waals surface area contributed by atoms with E-state index < -0.39 is 0 Å². The molecule has 0 N–H and O–H groups in total. The van der Waals surface area contributed by atoms with E-state index in [0.29, 0.717) is 0 Å². The molecule has 0 radical (unpaired) electrons. The Bertz CT molecular complexity index is 325. The van der Waals surface area contributed by atoms with Crippen LogP contribution in [-0.2, 0) is 0 Å². The Balaban J connectivity index is 1.73. The second kappa shape index (κ2) is 6.06. The summed E-state index contributed by atoms with van der Waals surface area (Å²) in [4.78, 5) is 2.55. The van der Waals surface area contributed by atoms with Crippen molar-refractivity contribution in [2.75, 3.05) is 19.7 Å².